The predicted octanol–water partition coefficient (Wildman–Crippen LogP) is 5.01. The third-order valence-electron chi connectivity index (χ3n) is 2.85. The SMILES string of the molecule is C=C(Nc1ccc(C)cc1)Nc1ccc(C(F)(F)F)cc1. The van der Waals surface area contributed by atoms with E-state index >= 15 is 0 Å². The fourth-order valence-corrected chi connectivity index (χ4v) is 1.76. The van der Waals surface area contributed by atoms with Crippen molar-refractivity contribution in [2.24, 2.45) is 0 Å². The van der Waals surface area contributed by atoms with Crippen molar-refractivity contribution in [1.29, 1.82) is 0 Å². The predicted molar refractivity (Wildman–Crippen MR) is 79.0 cm³/mol. The molecule has 0 unspecified atom stereocenters. The lowest BCUT2D eigenvalue weighted by molar-refractivity contribution is -0.137. The number of hydrogen-bond acceptors (Lipinski definition) is 2. The van der Waals surface area contributed by atoms with Crippen LogP contribution in [0.5, 0.6) is 0 Å². The second-order valence-corrected chi connectivity index (χ2v) is 4.67. The Balaban J connectivity index is 1.98. The van der Waals surface area contributed by atoms with Gasteiger partial charge in [0.2, 0.25) is 0 Å². The molecule has 2 aromatic rings. The summed E-state index contributed by atoms with van der Waals surface area (Å²) in [7, 11) is 0. The van der Waals surface area contributed by atoms with Crippen LogP contribution in [-0.2, 0) is 6.18 Å². The number of hydrogen-bond donors (Lipinski definition) is 2. The Bertz CT molecular complexity index is 613. The van der Waals surface area contributed by atoms with Crippen LogP contribution >= 0.6 is 0 Å². The topological polar surface area (TPSA) is 24.1 Å². The Kier molecular flexibility index (Phi) is 4.21. The molecular formula is C16H15F3N2. The van der Waals surface area contributed by atoms with Crippen molar-refractivity contribution in [3.05, 3.63) is 72.1 Å². The number of benzene rings is 2. The number of rotatable bonds is 4. The van der Waals surface area contributed by atoms with Gasteiger partial charge < -0.3 is 10.6 Å². The fraction of sp³-hybridized carbons (Fsp3) is 0.125. The maximum Gasteiger partial charge on any atom is 0.416 e. The molecule has 2 aromatic carbocycles. The molecule has 0 saturated carbocycles. The molecule has 0 heterocycles. The zero-order valence-electron chi connectivity index (χ0n) is 11.5. The molecule has 0 aliphatic rings. The van der Waals surface area contributed by atoms with Crippen LogP contribution in [0, 0.1) is 6.92 Å². The van der Waals surface area contributed by atoms with Gasteiger partial charge >= 0.3 is 6.18 Å². The summed E-state index contributed by atoms with van der Waals surface area (Å²) in [6.45, 7) is 5.78. The maximum absolute atomic E-state index is 12.5. The molecule has 0 aliphatic carbocycles. The number of nitrogens with one attached hydrogen (secondary N) is 2. The van der Waals surface area contributed by atoms with Gasteiger partial charge in [0.15, 0.2) is 0 Å². The molecule has 2 N–H and O–H groups in total. The van der Waals surface area contributed by atoms with Crippen LogP contribution in [-0.4, -0.2) is 0 Å². The van der Waals surface area contributed by atoms with Crippen molar-refractivity contribution < 1.29 is 13.2 Å². The molecule has 2 nitrogen and oxygen atoms in total. The quantitative estimate of drug-likeness (QED) is 0.827. The maximum atomic E-state index is 12.5. The van der Waals surface area contributed by atoms with E-state index in [1.165, 1.54) is 12.1 Å². The molecule has 21 heavy (non-hydrogen) atoms. The molecule has 0 aliphatic heterocycles. The summed E-state index contributed by atoms with van der Waals surface area (Å²) in [5, 5.41) is 5.95. The van der Waals surface area contributed by atoms with Crippen molar-refractivity contribution in [1.82, 2.24) is 0 Å². The summed E-state index contributed by atoms with van der Waals surface area (Å²) in [5.41, 5.74) is 1.85. The summed E-state index contributed by atoms with van der Waals surface area (Å²) in [6, 6.07) is 12.5. The highest BCUT2D eigenvalue weighted by atomic mass is 19.4. The third kappa shape index (κ3) is 4.27. The van der Waals surface area contributed by atoms with Crippen molar-refractivity contribution in [3.8, 4) is 0 Å². The van der Waals surface area contributed by atoms with Gasteiger partial charge in [-0.25, -0.2) is 0 Å². The Morgan fingerprint density at radius 3 is 1.71 bits per heavy atom. The molecule has 0 fully saturated rings. The fourth-order valence-electron chi connectivity index (χ4n) is 1.76. The van der Waals surface area contributed by atoms with Crippen LogP contribution < -0.4 is 10.6 Å². The van der Waals surface area contributed by atoms with Crippen LogP contribution in [0.2, 0.25) is 0 Å². The number of alkyl halides is 3. The third-order valence-corrected chi connectivity index (χ3v) is 2.85. The van der Waals surface area contributed by atoms with Gasteiger partial charge in [0.05, 0.1) is 5.56 Å². The van der Waals surface area contributed by atoms with Gasteiger partial charge in [-0.05, 0) is 43.3 Å². The lowest BCUT2D eigenvalue weighted by Crippen LogP contribution is -2.09. The molecule has 0 aromatic heterocycles. The summed E-state index contributed by atoms with van der Waals surface area (Å²) >= 11 is 0. The van der Waals surface area contributed by atoms with Crippen molar-refractivity contribution in [2.45, 2.75) is 13.1 Å². The van der Waals surface area contributed by atoms with Crippen molar-refractivity contribution >= 4 is 11.4 Å². The smallest absolute Gasteiger partial charge is 0.342 e. The van der Waals surface area contributed by atoms with Crippen LogP contribution in [0.15, 0.2) is 60.9 Å². The van der Waals surface area contributed by atoms with Gasteiger partial charge in [0.25, 0.3) is 0 Å². The van der Waals surface area contributed by atoms with Gasteiger partial charge in [-0.3, -0.25) is 0 Å². The van der Waals surface area contributed by atoms with Gasteiger partial charge in [0, 0.05) is 11.4 Å². The van der Waals surface area contributed by atoms with E-state index in [0.29, 0.717) is 11.5 Å². The summed E-state index contributed by atoms with van der Waals surface area (Å²) in [6.07, 6.45) is -4.32. The highest BCUT2D eigenvalue weighted by Crippen LogP contribution is 2.30. The second-order valence-electron chi connectivity index (χ2n) is 4.67. The normalized spacial score (nSPS) is 11.0. The van der Waals surface area contributed by atoms with E-state index in [1.807, 2.05) is 31.2 Å². The molecule has 0 bridgehead atoms. The first kappa shape index (κ1) is 15.0. The van der Waals surface area contributed by atoms with E-state index in [4.69, 9.17) is 0 Å². The van der Waals surface area contributed by atoms with Crippen LogP contribution in [0.25, 0.3) is 0 Å². The lowest BCUT2D eigenvalue weighted by atomic mass is 10.2. The monoisotopic (exact) mass is 292 g/mol. The average molecular weight is 292 g/mol. The number of aryl methyl sites for hydroxylation is 1. The molecule has 0 saturated heterocycles. The van der Waals surface area contributed by atoms with Crippen molar-refractivity contribution in [3.63, 3.8) is 0 Å². The minimum atomic E-state index is -4.32. The Morgan fingerprint density at radius 1 is 0.857 bits per heavy atom. The Hall–Kier alpha value is -2.43. The first-order valence-electron chi connectivity index (χ1n) is 6.31. The molecule has 0 amide bonds. The summed E-state index contributed by atoms with van der Waals surface area (Å²) in [5.74, 6) is 0.485. The zero-order chi connectivity index (χ0) is 15.5. The zero-order valence-corrected chi connectivity index (χ0v) is 11.5. The minimum absolute atomic E-state index is 0.485. The lowest BCUT2D eigenvalue weighted by Gasteiger charge is -2.13. The van der Waals surface area contributed by atoms with Gasteiger partial charge in [-0.2, -0.15) is 13.2 Å². The Labute approximate surface area is 121 Å². The average Bonchev–Trinajstić information content (AvgIpc) is 2.41. The first-order valence-corrected chi connectivity index (χ1v) is 6.31. The summed E-state index contributed by atoms with van der Waals surface area (Å²) in [4.78, 5) is 0. The van der Waals surface area contributed by atoms with Gasteiger partial charge in [-0.15, -0.1) is 0 Å². The van der Waals surface area contributed by atoms with Crippen LogP contribution in [0.4, 0.5) is 24.5 Å². The van der Waals surface area contributed by atoms with E-state index in [-0.39, 0.29) is 0 Å². The summed E-state index contributed by atoms with van der Waals surface area (Å²) < 4.78 is 37.4. The van der Waals surface area contributed by atoms with Gasteiger partial charge in [0.1, 0.15) is 5.82 Å². The second kappa shape index (κ2) is 5.91. The van der Waals surface area contributed by atoms with E-state index in [0.717, 1.165) is 23.4 Å². The molecule has 110 valence electrons. The molecule has 2 rings (SSSR count). The molecule has 0 spiro atoms. The highest BCUT2D eigenvalue weighted by Gasteiger charge is 2.29. The van der Waals surface area contributed by atoms with Gasteiger partial charge in [-0.1, -0.05) is 24.3 Å². The molecule has 5 heteroatoms. The highest BCUT2D eigenvalue weighted by molar-refractivity contribution is 5.56. The van der Waals surface area contributed by atoms with E-state index in [2.05, 4.69) is 17.2 Å². The molecule has 0 atom stereocenters. The van der Waals surface area contributed by atoms with E-state index in [9.17, 15) is 13.2 Å². The van der Waals surface area contributed by atoms with E-state index in [1.54, 1.807) is 0 Å². The Morgan fingerprint density at radius 2 is 1.29 bits per heavy atom. The standard InChI is InChI=1S/C16H15F3N2/c1-11-3-7-14(8-4-11)20-12(2)21-15-9-5-13(6-10-15)16(17,18)19/h3-10,20-21H,2H2,1H3. The number of anilines is 2. The molecular weight excluding hydrogens is 277 g/mol. The minimum Gasteiger partial charge on any atom is -0.342 e. The molecule has 0 radical (unpaired) electrons. The van der Waals surface area contributed by atoms with Crippen LogP contribution in [0.3, 0.4) is 0 Å². The van der Waals surface area contributed by atoms with Crippen molar-refractivity contribution in [2.75, 3.05) is 10.6 Å². The first-order chi connectivity index (χ1) is 9.84. The largest absolute Gasteiger partial charge is 0.416 e. The van der Waals surface area contributed by atoms with E-state index < -0.39 is 11.7 Å². The number of halogens is 3. The van der Waals surface area contributed by atoms with Crippen LogP contribution in [0.1, 0.15) is 11.1 Å².